The molecule has 0 spiro atoms. The number of anilines is 1. The minimum absolute atomic E-state index is 0.0216. The van der Waals surface area contributed by atoms with E-state index in [0.717, 1.165) is 30.8 Å². The largest absolute Gasteiger partial charge is 0.326 e. The van der Waals surface area contributed by atoms with Crippen LogP contribution < -0.4 is 11.1 Å². The van der Waals surface area contributed by atoms with Gasteiger partial charge in [0, 0.05) is 23.3 Å². The molecule has 1 heterocycles. The number of amides is 1. The number of nitrogens with zero attached hydrogens (tertiary/aromatic N) is 1. The molecule has 5 heteroatoms. The minimum atomic E-state index is -0.0216. The van der Waals surface area contributed by atoms with Crippen LogP contribution in [-0.2, 0) is 4.79 Å². The Morgan fingerprint density at radius 1 is 1.55 bits per heavy atom. The number of carbonyl (C=O) groups excluding carboxylic acids is 1. The number of benzene rings is 1. The van der Waals surface area contributed by atoms with Crippen LogP contribution in [0, 0.1) is 12.8 Å². The van der Waals surface area contributed by atoms with E-state index in [4.69, 9.17) is 17.3 Å². The van der Waals surface area contributed by atoms with Crippen LogP contribution in [0.1, 0.15) is 18.9 Å². The Morgan fingerprint density at radius 3 is 2.95 bits per heavy atom. The second-order valence-corrected chi connectivity index (χ2v) is 6.08. The van der Waals surface area contributed by atoms with Crippen molar-refractivity contribution in [3.8, 4) is 0 Å². The van der Waals surface area contributed by atoms with Gasteiger partial charge in [-0.05, 0) is 43.5 Å². The quantitative estimate of drug-likeness (QED) is 0.899. The smallest absolute Gasteiger partial charge is 0.238 e. The molecule has 0 aliphatic carbocycles. The summed E-state index contributed by atoms with van der Waals surface area (Å²) >= 11 is 6.05. The Bertz CT molecular complexity index is 492. The Hall–Kier alpha value is -1.10. The molecule has 1 aromatic rings. The molecule has 1 aliphatic heterocycles. The number of hydrogen-bond donors (Lipinski definition) is 2. The third-order valence-corrected chi connectivity index (χ3v) is 4.33. The number of nitrogens with one attached hydrogen (secondary N) is 1. The summed E-state index contributed by atoms with van der Waals surface area (Å²) in [5.41, 5.74) is 7.78. The summed E-state index contributed by atoms with van der Waals surface area (Å²) < 4.78 is 0. The predicted molar refractivity (Wildman–Crippen MR) is 83.0 cm³/mol. The first-order valence-corrected chi connectivity index (χ1v) is 7.37. The summed E-state index contributed by atoms with van der Waals surface area (Å²) in [6.45, 7) is 6.19. The molecule has 20 heavy (non-hydrogen) atoms. The fourth-order valence-corrected chi connectivity index (χ4v) is 2.57. The molecule has 110 valence electrons. The van der Waals surface area contributed by atoms with E-state index < -0.39 is 0 Å². The van der Waals surface area contributed by atoms with E-state index in [-0.39, 0.29) is 11.9 Å². The predicted octanol–water partition coefficient (Wildman–Crippen LogP) is 2.26. The maximum atomic E-state index is 12.0. The molecule has 1 aromatic carbocycles. The van der Waals surface area contributed by atoms with Crippen LogP contribution in [0.3, 0.4) is 0 Å². The van der Waals surface area contributed by atoms with Gasteiger partial charge in [-0.2, -0.15) is 0 Å². The van der Waals surface area contributed by atoms with Gasteiger partial charge in [-0.1, -0.05) is 24.6 Å². The summed E-state index contributed by atoms with van der Waals surface area (Å²) in [7, 11) is 0. The van der Waals surface area contributed by atoms with Gasteiger partial charge in [0.2, 0.25) is 5.91 Å². The first-order chi connectivity index (χ1) is 9.45. The van der Waals surface area contributed by atoms with Gasteiger partial charge in [0.25, 0.3) is 0 Å². The van der Waals surface area contributed by atoms with E-state index >= 15 is 0 Å². The van der Waals surface area contributed by atoms with Crippen LogP contribution in [0.2, 0.25) is 5.02 Å². The molecule has 0 bridgehead atoms. The molecule has 0 saturated carbocycles. The molecule has 4 nitrogen and oxygen atoms in total. The van der Waals surface area contributed by atoms with Gasteiger partial charge in [0.15, 0.2) is 0 Å². The van der Waals surface area contributed by atoms with Crippen LogP contribution in [-0.4, -0.2) is 36.5 Å². The van der Waals surface area contributed by atoms with Crippen molar-refractivity contribution in [2.45, 2.75) is 26.3 Å². The monoisotopic (exact) mass is 295 g/mol. The van der Waals surface area contributed by atoms with E-state index in [9.17, 15) is 4.79 Å². The molecular weight excluding hydrogens is 274 g/mol. The van der Waals surface area contributed by atoms with Crippen LogP contribution in [0.4, 0.5) is 5.69 Å². The lowest BCUT2D eigenvalue weighted by molar-refractivity contribution is -0.117. The molecule has 1 amide bonds. The standard InChI is InChI=1S/C15H22ClN3O/c1-10-3-4-12(7-13(10)16)18-15(20)9-19-6-5-11(2)14(17)8-19/h3-4,7,11,14H,5-6,8-9,17H2,1-2H3,(H,18,20). The topological polar surface area (TPSA) is 58.4 Å². The van der Waals surface area contributed by atoms with Crippen molar-refractivity contribution in [2.24, 2.45) is 11.7 Å². The molecule has 0 radical (unpaired) electrons. The van der Waals surface area contributed by atoms with Crippen molar-refractivity contribution in [3.63, 3.8) is 0 Å². The van der Waals surface area contributed by atoms with Crippen molar-refractivity contribution in [1.82, 2.24) is 4.90 Å². The molecule has 2 unspecified atom stereocenters. The van der Waals surface area contributed by atoms with Crippen LogP contribution in [0.25, 0.3) is 0 Å². The van der Waals surface area contributed by atoms with Gasteiger partial charge in [0.05, 0.1) is 6.54 Å². The summed E-state index contributed by atoms with van der Waals surface area (Å²) in [6, 6.07) is 5.70. The molecule has 3 N–H and O–H groups in total. The van der Waals surface area contributed by atoms with E-state index in [2.05, 4.69) is 17.1 Å². The third kappa shape index (κ3) is 3.95. The summed E-state index contributed by atoms with van der Waals surface area (Å²) in [5, 5.41) is 3.54. The molecular formula is C15H22ClN3O. The first-order valence-electron chi connectivity index (χ1n) is 6.99. The van der Waals surface area contributed by atoms with Gasteiger partial charge in [-0.25, -0.2) is 0 Å². The van der Waals surface area contributed by atoms with Gasteiger partial charge >= 0.3 is 0 Å². The normalized spacial score (nSPS) is 23.6. The van der Waals surface area contributed by atoms with E-state index in [1.54, 1.807) is 6.07 Å². The zero-order valence-corrected chi connectivity index (χ0v) is 12.8. The number of halogens is 1. The highest BCUT2D eigenvalue weighted by Crippen LogP contribution is 2.20. The minimum Gasteiger partial charge on any atom is -0.326 e. The number of aryl methyl sites for hydroxylation is 1. The van der Waals surface area contributed by atoms with E-state index in [0.29, 0.717) is 17.5 Å². The van der Waals surface area contributed by atoms with Gasteiger partial charge < -0.3 is 11.1 Å². The van der Waals surface area contributed by atoms with Crippen molar-refractivity contribution in [3.05, 3.63) is 28.8 Å². The summed E-state index contributed by atoms with van der Waals surface area (Å²) in [6.07, 6.45) is 1.05. The number of likely N-dealkylation sites (tertiary alicyclic amines) is 1. The van der Waals surface area contributed by atoms with Crippen LogP contribution in [0.15, 0.2) is 18.2 Å². The molecule has 1 saturated heterocycles. The van der Waals surface area contributed by atoms with Crippen LogP contribution >= 0.6 is 11.6 Å². The fraction of sp³-hybridized carbons (Fsp3) is 0.533. The second-order valence-electron chi connectivity index (χ2n) is 5.68. The lowest BCUT2D eigenvalue weighted by Gasteiger charge is -2.34. The van der Waals surface area contributed by atoms with Crippen molar-refractivity contribution in [1.29, 1.82) is 0 Å². The molecule has 0 aromatic heterocycles. The lowest BCUT2D eigenvalue weighted by Crippen LogP contribution is -2.49. The average molecular weight is 296 g/mol. The van der Waals surface area contributed by atoms with Crippen molar-refractivity contribution < 1.29 is 4.79 Å². The molecule has 2 rings (SSSR count). The lowest BCUT2D eigenvalue weighted by atomic mass is 9.94. The van der Waals surface area contributed by atoms with Crippen molar-refractivity contribution >= 4 is 23.2 Å². The Morgan fingerprint density at radius 2 is 2.30 bits per heavy atom. The Balaban J connectivity index is 1.87. The molecule has 2 atom stereocenters. The fourth-order valence-electron chi connectivity index (χ4n) is 2.39. The average Bonchev–Trinajstić information content (AvgIpc) is 2.38. The number of nitrogens with two attached hydrogens (primary N) is 1. The van der Waals surface area contributed by atoms with Crippen LogP contribution in [0.5, 0.6) is 0 Å². The highest BCUT2D eigenvalue weighted by molar-refractivity contribution is 6.31. The number of hydrogen-bond acceptors (Lipinski definition) is 3. The third-order valence-electron chi connectivity index (χ3n) is 3.92. The number of carbonyl (C=O) groups is 1. The van der Waals surface area contributed by atoms with E-state index in [1.807, 2.05) is 19.1 Å². The molecule has 1 fully saturated rings. The summed E-state index contributed by atoms with van der Waals surface area (Å²) in [4.78, 5) is 14.1. The summed E-state index contributed by atoms with van der Waals surface area (Å²) in [5.74, 6) is 0.511. The first kappa shape index (κ1) is 15.3. The Kier molecular flexibility index (Phi) is 5.02. The zero-order chi connectivity index (χ0) is 14.7. The maximum Gasteiger partial charge on any atom is 0.238 e. The highest BCUT2D eigenvalue weighted by atomic mass is 35.5. The second kappa shape index (κ2) is 6.57. The van der Waals surface area contributed by atoms with Gasteiger partial charge in [-0.3, -0.25) is 9.69 Å². The van der Waals surface area contributed by atoms with Crippen molar-refractivity contribution in [2.75, 3.05) is 25.0 Å². The SMILES string of the molecule is Cc1ccc(NC(=O)CN2CCC(C)C(N)C2)cc1Cl. The zero-order valence-electron chi connectivity index (χ0n) is 12.0. The van der Waals surface area contributed by atoms with Gasteiger partial charge in [-0.15, -0.1) is 0 Å². The maximum absolute atomic E-state index is 12.0. The van der Waals surface area contributed by atoms with Gasteiger partial charge in [0.1, 0.15) is 0 Å². The molecule has 1 aliphatic rings. The Labute approximate surface area is 125 Å². The number of piperidine rings is 1. The highest BCUT2D eigenvalue weighted by Gasteiger charge is 2.24. The van der Waals surface area contributed by atoms with E-state index in [1.165, 1.54) is 0 Å². The number of rotatable bonds is 3.